The molecule has 102 valence electrons. The lowest BCUT2D eigenvalue weighted by Crippen LogP contribution is -2.11. The van der Waals surface area contributed by atoms with Crippen LogP contribution in [0.4, 0.5) is 0 Å². The van der Waals surface area contributed by atoms with Gasteiger partial charge in [0, 0.05) is 18.3 Å². The second kappa shape index (κ2) is 6.02. The minimum Gasteiger partial charge on any atom is -0.313 e. The Hall–Kier alpha value is -1.61. The van der Waals surface area contributed by atoms with Crippen molar-refractivity contribution in [3.05, 3.63) is 47.3 Å². The van der Waals surface area contributed by atoms with Gasteiger partial charge in [0.15, 0.2) is 0 Å². The highest BCUT2D eigenvalue weighted by Crippen LogP contribution is 2.23. The van der Waals surface area contributed by atoms with Crippen molar-refractivity contribution in [2.24, 2.45) is 0 Å². The monoisotopic (exact) mass is 257 g/mol. The van der Waals surface area contributed by atoms with E-state index in [1.165, 1.54) is 16.8 Å². The van der Waals surface area contributed by atoms with E-state index >= 15 is 0 Å². The maximum Gasteiger partial charge on any atom is 0.0680 e. The Labute approximate surface area is 115 Å². The molecule has 0 saturated carbocycles. The molecule has 0 atom stereocenters. The van der Waals surface area contributed by atoms with Gasteiger partial charge < -0.3 is 5.32 Å². The maximum atomic E-state index is 4.65. The molecular weight excluding hydrogens is 234 g/mol. The van der Waals surface area contributed by atoms with Crippen LogP contribution in [0.25, 0.3) is 5.69 Å². The standard InChI is InChI=1S/C16H23N3/c1-5-17-10-14-11-19(18-13(14)4)16-9-7-6-8-15(16)12(2)3/h6-9,11-12,17H,5,10H2,1-4H3. The Morgan fingerprint density at radius 3 is 2.68 bits per heavy atom. The summed E-state index contributed by atoms with van der Waals surface area (Å²) in [5.74, 6) is 0.498. The molecule has 1 N–H and O–H groups in total. The number of para-hydroxylation sites is 1. The van der Waals surface area contributed by atoms with Crippen LogP contribution in [0.3, 0.4) is 0 Å². The molecule has 3 nitrogen and oxygen atoms in total. The Bertz CT molecular complexity index is 541. The Morgan fingerprint density at radius 1 is 1.26 bits per heavy atom. The van der Waals surface area contributed by atoms with Crippen LogP contribution in [0.2, 0.25) is 0 Å². The van der Waals surface area contributed by atoms with Gasteiger partial charge in [0.05, 0.1) is 11.4 Å². The summed E-state index contributed by atoms with van der Waals surface area (Å²) >= 11 is 0. The molecule has 0 aliphatic carbocycles. The molecule has 1 aromatic carbocycles. The number of aryl methyl sites for hydroxylation is 1. The topological polar surface area (TPSA) is 29.9 Å². The van der Waals surface area contributed by atoms with Gasteiger partial charge >= 0.3 is 0 Å². The SMILES string of the molecule is CCNCc1cn(-c2ccccc2C(C)C)nc1C. The van der Waals surface area contributed by atoms with Gasteiger partial charge in [0.1, 0.15) is 0 Å². The summed E-state index contributed by atoms with van der Waals surface area (Å²) in [5, 5.41) is 8.01. The second-order valence-corrected chi connectivity index (χ2v) is 5.18. The van der Waals surface area contributed by atoms with Gasteiger partial charge in [-0.1, -0.05) is 39.0 Å². The number of hydrogen-bond donors (Lipinski definition) is 1. The fourth-order valence-corrected chi connectivity index (χ4v) is 2.24. The van der Waals surface area contributed by atoms with Crippen LogP contribution in [-0.4, -0.2) is 16.3 Å². The molecule has 0 bridgehead atoms. The van der Waals surface area contributed by atoms with Gasteiger partial charge in [-0.05, 0) is 31.0 Å². The molecule has 3 heteroatoms. The predicted molar refractivity (Wildman–Crippen MR) is 79.8 cm³/mol. The van der Waals surface area contributed by atoms with E-state index in [-0.39, 0.29) is 0 Å². The van der Waals surface area contributed by atoms with Crippen molar-refractivity contribution >= 4 is 0 Å². The molecule has 19 heavy (non-hydrogen) atoms. The average Bonchev–Trinajstić information content (AvgIpc) is 2.77. The summed E-state index contributed by atoms with van der Waals surface area (Å²) in [5.41, 5.74) is 4.88. The molecule has 0 fully saturated rings. The van der Waals surface area contributed by atoms with E-state index in [1.54, 1.807) is 0 Å². The van der Waals surface area contributed by atoms with E-state index in [9.17, 15) is 0 Å². The first-order valence-corrected chi connectivity index (χ1v) is 6.98. The lowest BCUT2D eigenvalue weighted by molar-refractivity contribution is 0.723. The predicted octanol–water partition coefficient (Wildman–Crippen LogP) is 3.41. The summed E-state index contributed by atoms with van der Waals surface area (Å²) in [7, 11) is 0. The van der Waals surface area contributed by atoms with Gasteiger partial charge in [0.25, 0.3) is 0 Å². The van der Waals surface area contributed by atoms with E-state index in [0.717, 1.165) is 18.8 Å². The number of nitrogens with zero attached hydrogens (tertiary/aromatic N) is 2. The number of nitrogens with one attached hydrogen (secondary N) is 1. The summed E-state index contributed by atoms with van der Waals surface area (Å²) in [6.07, 6.45) is 2.14. The van der Waals surface area contributed by atoms with Crippen molar-refractivity contribution in [2.45, 2.75) is 40.2 Å². The van der Waals surface area contributed by atoms with E-state index in [2.05, 4.69) is 68.6 Å². The van der Waals surface area contributed by atoms with Gasteiger partial charge in [-0.15, -0.1) is 0 Å². The fourth-order valence-electron chi connectivity index (χ4n) is 2.24. The van der Waals surface area contributed by atoms with Crippen LogP contribution in [-0.2, 0) is 6.54 Å². The molecule has 0 radical (unpaired) electrons. The minimum atomic E-state index is 0.498. The lowest BCUT2D eigenvalue weighted by Gasteiger charge is -2.12. The van der Waals surface area contributed by atoms with Crippen molar-refractivity contribution in [3.8, 4) is 5.69 Å². The highest BCUT2D eigenvalue weighted by Gasteiger charge is 2.11. The molecule has 2 rings (SSSR count). The van der Waals surface area contributed by atoms with E-state index in [0.29, 0.717) is 5.92 Å². The number of rotatable bonds is 5. The Kier molecular flexibility index (Phi) is 4.38. The molecule has 0 aliphatic rings. The summed E-state index contributed by atoms with van der Waals surface area (Å²) in [6.45, 7) is 10.5. The van der Waals surface area contributed by atoms with Crippen LogP contribution in [0.1, 0.15) is 43.5 Å². The first-order chi connectivity index (χ1) is 9.13. The highest BCUT2D eigenvalue weighted by molar-refractivity contribution is 5.43. The zero-order valence-corrected chi connectivity index (χ0v) is 12.3. The molecule has 0 unspecified atom stereocenters. The molecule has 2 aromatic rings. The van der Waals surface area contributed by atoms with Gasteiger partial charge in [-0.2, -0.15) is 5.10 Å². The number of hydrogen-bond acceptors (Lipinski definition) is 2. The summed E-state index contributed by atoms with van der Waals surface area (Å²) in [4.78, 5) is 0. The largest absolute Gasteiger partial charge is 0.313 e. The van der Waals surface area contributed by atoms with Gasteiger partial charge in [-0.25, -0.2) is 4.68 Å². The summed E-state index contributed by atoms with van der Waals surface area (Å²) in [6, 6.07) is 8.48. The van der Waals surface area contributed by atoms with Crippen LogP contribution in [0.15, 0.2) is 30.5 Å². The van der Waals surface area contributed by atoms with E-state index in [4.69, 9.17) is 0 Å². The first-order valence-electron chi connectivity index (χ1n) is 6.98. The third kappa shape index (κ3) is 3.04. The van der Waals surface area contributed by atoms with Crippen molar-refractivity contribution in [2.75, 3.05) is 6.54 Å². The van der Waals surface area contributed by atoms with Crippen LogP contribution < -0.4 is 5.32 Å². The van der Waals surface area contributed by atoms with Crippen molar-refractivity contribution in [1.29, 1.82) is 0 Å². The first kappa shape index (κ1) is 13.8. The third-order valence-electron chi connectivity index (χ3n) is 3.37. The maximum absolute atomic E-state index is 4.65. The van der Waals surface area contributed by atoms with Crippen molar-refractivity contribution < 1.29 is 0 Å². The van der Waals surface area contributed by atoms with Crippen LogP contribution >= 0.6 is 0 Å². The van der Waals surface area contributed by atoms with E-state index < -0.39 is 0 Å². The van der Waals surface area contributed by atoms with Crippen molar-refractivity contribution in [3.63, 3.8) is 0 Å². The molecule has 0 aliphatic heterocycles. The molecule has 0 spiro atoms. The lowest BCUT2D eigenvalue weighted by atomic mass is 10.0. The van der Waals surface area contributed by atoms with Crippen LogP contribution in [0.5, 0.6) is 0 Å². The Morgan fingerprint density at radius 2 is 2.00 bits per heavy atom. The van der Waals surface area contributed by atoms with Gasteiger partial charge in [-0.3, -0.25) is 0 Å². The molecule has 1 aromatic heterocycles. The van der Waals surface area contributed by atoms with Crippen molar-refractivity contribution in [1.82, 2.24) is 15.1 Å². The normalized spacial score (nSPS) is 11.2. The van der Waals surface area contributed by atoms with Gasteiger partial charge in [0.2, 0.25) is 0 Å². The average molecular weight is 257 g/mol. The quantitative estimate of drug-likeness (QED) is 0.889. The molecule has 0 amide bonds. The fraction of sp³-hybridized carbons (Fsp3) is 0.438. The number of aromatic nitrogens is 2. The minimum absolute atomic E-state index is 0.498. The zero-order chi connectivity index (χ0) is 13.8. The third-order valence-corrected chi connectivity index (χ3v) is 3.37. The van der Waals surface area contributed by atoms with Crippen LogP contribution in [0, 0.1) is 6.92 Å². The Balaban J connectivity index is 2.37. The second-order valence-electron chi connectivity index (χ2n) is 5.18. The highest BCUT2D eigenvalue weighted by atomic mass is 15.3. The number of benzene rings is 1. The molecule has 0 saturated heterocycles. The zero-order valence-electron chi connectivity index (χ0n) is 12.3. The smallest absolute Gasteiger partial charge is 0.0680 e. The molecule has 1 heterocycles. The van der Waals surface area contributed by atoms with E-state index in [1.807, 2.05) is 4.68 Å². The summed E-state index contributed by atoms with van der Waals surface area (Å²) < 4.78 is 2.01. The molecular formula is C16H23N3.